The lowest BCUT2D eigenvalue weighted by Crippen LogP contribution is -2.47. The summed E-state index contributed by atoms with van der Waals surface area (Å²) in [5.74, 6) is 0. The Labute approximate surface area is 210 Å². The lowest BCUT2D eigenvalue weighted by molar-refractivity contribution is 0.131. The van der Waals surface area contributed by atoms with Crippen molar-refractivity contribution in [2.75, 3.05) is 50.7 Å². The number of rotatable bonds is 12. The van der Waals surface area contributed by atoms with E-state index in [0.717, 1.165) is 69.2 Å². The van der Waals surface area contributed by atoms with Gasteiger partial charge in [-0.05, 0) is 80.6 Å². The monoisotopic (exact) mass is 487 g/mol. The number of aryl methyl sites for hydroxylation is 2. The summed E-state index contributed by atoms with van der Waals surface area (Å²) in [6.45, 7) is 9.52. The van der Waals surface area contributed by atoms with Crippen LogP contribution in [0.15, 0.2) is 48.5 Å². The predicted octanol–water partition coefficient (Wildman–Crippen LogP) is 6.18. The molecule has 1 saturated heterocycles. The number of thiol groups is 1. The Morgan fingerprint density at radius 1 is 0.848 bits per heavy atom. The second-order valence-corrected chi connectivity index (χ2v) is 9.79. The summed E-state index contributed by atoms with van der Waals surface area (Å²) in [5, 5.41) is 0.624. The van der Waals surface area contributed by atoms with Crippen LogP contribution in [-0.4, -0.2) is 60.9 Å². The predicted molar refractivity (Wildman–Crippen MR) is 144 cm³/mol. The first-order chi connectivity index (χ1) is 16.0. The molecule has 0 radical (unpaired) electrons. The summed E-state index contributed by atoms with van der Waals surface area (Å²) in [6.07, 6.45) is 6.73. The van der Waals surface area contributed by atoms with E-state index in [0.29, 0.717) is 6.54 Å². The first-order valence-electron chi connectivity index (χ1n) is 12.3. The SMILES string of the molecule is CCCCc1ccc(N(CCCN2CCN(CCCc3ccc(Cl)cc3)CC2)C(=O)S)cc1. The quantitative estimate of drug-likeness (QED) is 0.362. The molecule has 1 amide bonds. The number of carbonyl (C=O) groups is 1. The smallest absolute Gasteiger partial charge is 0.282 e. The largest absolute Gasteiger partial charge is 0.303 e. The highest BCUT2D eigenvalue weighted by Crippen LogP contribution is 2.19. The Morgan fingerprint density at radius 3 is 1.91 bits per heavy atom. The van der Waals surface area contributed by atoms with Crippen LogP contribution in [0.5, 0.6) is 0 Å². The van der Waals surface area contributed by atoms with E-state index >= 15 is 0 Å². The molecule has 1 heterocycles. The second kappa shape index (κ2) is 14.0. The molecule has 33 heavy (non-hydrogen) atoms. The van der Waals surface area contributed by atoms with E-state index in [1.807, 2.05) is 12.1 Å². The van der Waals surface area contributed by atoms with Gasteiger partial charge in [0.1, 0.15) is 0 Å². The van der Waals surface area contributed by atoms with Gasteiger partial charge in [-0.25, -0.2) is 0 Å². The number of anilines is 1. The minimum absolute atomic E-state index is 0.179. The minimum atomic E-state index is -0.179. The maximum atomic E-state index is 12.1. The molecule has 180 valence electrons. The summed E-state index contributed by atoms with van der Waals surface area (Å²) in [6, 6.07) is 16.6. The van der Waals surface area contributed by atoms with Crippen LogP contribution in [-0.2, 0) is 12.8 Å². The highest BCUT2D eigenvalue weighted by Gasteiger charge is 2.17. The van der Waals surface area contributed by atoms with Crippen molar-refractivity contribution in [3.05, 3.63) is 64.7 Å². The van der Waals surface area contributed by atoms with E-state index in [-0.39, 0.29) is 5.24 Å². The zero-order valence-corrected chi connectivity index (χ0v) is 21.5. The number of halogens is 1. The Kier molecular flexibility index (Phi) is 11.1. The van der Waals surface area contributed by atoms with Crippen molar-refractivity contribution in [2.45, 2.75) is 45.4 Å². The zero-order chi connectivity index (χ0) is 23.5. The highest BCUT2D eigenvalue weighted by molar-refractivity contribution is 7.96. The third-order valence-electron chi connectivity index (χ3n) is 6.47. The Bertz CT molecular complexity index is 835. The van der Waals surface area contributed by atoms with Crippen molar-refractivity contribution in [1.82, 2.24) is 9.80 Å². The van der Waals surface area contributed by atoms with Crippen LogP contribution >= 0.6 is 24.2 Å². The van der Waals surface area contributed by atoms with Crippen molar-refractivity contribution in [1.29, 1.82) is 0 Å². The van der Waals surface area contributed by atoms with Crippen LogP contribution in [0.1, 0.15) is 43.7 Å². The van der Waals surface area contributed by atoms with Gasteiger partial charge in [0.2, 0.25) is 0 Å². The molecule has 4 nitrogen and oxygen atoms in total. The summed E-state index contributed by atoms with van der Waals surface area (Å²) >= 11 is 10.1. The molecule has 0 aromatic heterocycles. The minimum Gasteiger partial charge on any atom is -0.303 e. The Balaban J connectivity index is 1.34. The van der Waals surface area contributed by atoms with E-state index in [4.69, 9.17) is 11.6 Å². The van der Waals surface area contributed by atoms with Crippen LogP contribution in [0.3, 0.4) is 0 Å². The normalized spacial score (nSPS) is 15.0. The van der Waals surface area contributed by atoms with E-state index in [1.54, 1.807) is 4.90 Å². The second-order valence-electron chi connectivity index (χ2n) is 8.97. The molecule has 0 aliphatic carbocycles. The summed E-state index contributed by atoms with van der Waals surface area (Å²) < 4.78 is 0. The number of unbranched alkanes of at least 4 members (excludes halogenated alkanes) is 1. The van der Waals surface area contributed by atoms with E-state index in [1.165, 1.54) is 30.4 Å². The molecule has 0 spiro atoms. The third-order valence-corrected chi connectivity index (χ3v) is 6.97. The van der Waals surface area contributed by atoms with Crippen molar-refractivity contribution >= 4 is 35.2 Å². The lowest BCUT2D eigenvalue weighted by Gasteiger charge is -2.35. The van der Waals surface area contributed by atoms with Gasteiger partial charge in [0.15, 0.2) is 0 Å². The molecule has 1 aliphatic heterocycles. The van der Waals surface area contributed by atoms with Gasteiger partial charge >= 0.3 is 0 Å². The van der Waals surface area contributed by atoms with Crippen molar-refractivity contribution in [3.63, 3.8) is 0 Å². The average molecular weight is 488 g/mol. The van der Waals surface area contributed by atoms with Crippen LogP contribution in [0, 0.1) is 0 Å². The molecular weight excluding hydrogens is 450 g/mol. The summed E-state index contributed by atoms with van der Waals surface area (Å²) in [7, 11) is 0. The Morgan fingerprint density at radius 2 is 1.36 bits per heavy atom. The molecule has 0 bridgehead atoms. The molecule has 2 aromatic carbocycles. The molecule has 1 fully saturated rings. The molecule has 1 aliphatic rings. The fourth-order valence-electron chi connectivity index (χ4n) is 4.41. The summed E-state index contributed by atoms with van der Waals surface area (Å²) in [4.78, 5) is 19.0. The van der Waals surface area contributed by atoms with Gasteiger partial charge in [-0.3, -0.25) is 4.79 Å². The molecule has 0 atom stereocenters. The number of carbonyl (C=O) groups excluding carboxylic acids is 1. The number of piperazine rings is 1. The van der Waals surface area contributed by atoms with Gasteiger partial charge in [-0.2, -0.15) is 0 Å². The van der Waals surface area contributed by atoms with Crippen LogP contribution in [0.2, 0.25) is 5.02 Å². The number of hydrogen-bond donors (Lipinski definition) is 1. The van der Waals surface area contributed by atoms with Gasteiger partial charge in [-0.15, -0.1) is 0 Å². The van der Waals surface area contributed by atoms with Gasteiger partial charge in [0.05, 0.1) is 0 Å². The van der Waals surface area contributed by atoms with Crippen LogP contribution in [0.4, 0.5) is 10.5 Å². The zero-order valence-electron chi connectivity index (χ0n) is 19.9. The first-order valence-corrected chi connectivity index (χ1v) is 13.2. The number of benzene rings is 2. The van der Waals surface area contributed by atoms with E-state index < -0.39 is 0 Å². The molecule has 0 N–H and O–H groups in total. The van der Waals surface area contributed by atoms with Gasteiger partial charge in [0, 0.05) is 43.4 Å². The molecular formula is C27H38ClN3OS. The third kappa shape index (κ3) is 8.97. The summed E-state index contributed by atoms with van der Waals surface area (Å²) in [5.41, 5.74) is 3.64. The van der Waals surface area contributed by atoms with Gasteiger partial charge in [0.25, 0.3) is 5.24 Å². The van der Waals surface area contributed by atoms with Crippen molar-refractivity contribution in [3.8, 4) is 0 Å². The maximum absolute atomic E-state index is 12.1. The average Bonchev–Trinajstić information content (AvgIpc) is 2.83. The standard InChI is InChI=1S/C27H38ClN3OS/c1-2-3-6-23-10-14-26(15-11-23)31(27(32)33)18-5-17-30-21-19-29(20-22-30)16-4-7-24-8-12-25(28)13-9-24/h8-15H,2-7,16-22H2,1H3,(H,32,33). The maximum Gasteiger partial charge on any atom is 0.282 e. The number of amides is 1. The fraction of sp³-hybridized carbons (Fsp3) is 0.519. The fourth-order valence-corrected chi connectivity index (χ4v) is 4.75. The van der Waals surface area contributed by atoms with Gasteiger partial charge < -0.3 is 14.7 Å². The van der Waals surface area contributed by atoms with E-state index in [9.17, 15) is 4.79 Å². The highest BCUT2D eigenvalue weighted by atomic mass is 35.5. The first kappa shape index (κ1) is 26.1. The Hall–Kier alpha value is -1.53. The molecule has 0 saturated carbocycles. The van der Waals surface area contributed by atoms with Crippen molar-refractivity contribution < 1.29 is 4.79 Å². The number of nitrogens with zero attached hydrogens (tertiary/aromatic N) is 3. The van der Waals surface area contributed by atoms with Gasteiger partial charge in [-0.1, -0.05) is 61.8 Å². The van der Waals surface area contributed by atoms with Crippen LogP contribution < -0.4 is 4.90 Å². The number of hydrogen-bond acceptors (Lipinski definition) is 3. The van der Waals surface area contributed by atoms with Crippen molar-refractivity contribution in [2.24, 2.45) is 0 Å². The molecule has 2 aromatic rings. The van der Waals surface area contributed by atoms with Crippen LogP contribution in [0.25, 0.3) is 0 Å². The topological polar surface area (TPSA) is 26.8 Å². The molecule has 6 heteroatoms. The molecule has 0 unspecified atom stereocenters. The molecule has 3 rings (SSSR count). The van der Waals surface area contributed by atoms with E-state index in [2.05, 4.69) is 65.8 Å². The lowest BCUT2D eigenvalue weighted by atomic mass is 10.1.